The minimum Gasteiger partial charge on any atom is -0.478 e. The summed E-state index contributed by atoms with van der Waals surface area (Å²) in [6.45, 7) is 0.650. The van der Waals surface area contributed by atoms with Crippen LogP contribution in [-0.4, -0.2) is 16.1 Å². The maximum Gasteiger partial charge on any atom is 0.335 e. The van der Waals surface area contributed by atoms with Gasteiger partial charge in [0, 0.05) is 17.6 Å². The first kappa shape index (κ1) is 15.4. The number of aromatic carboxylic acids is 1. The molecule has 0 saturated heterocycles. The van der Waals surface area contributed by atoms with Crippen molar-refractivity contribution < 1.29 is 9.90 Å². The Morgan fingerprint density at radius 3 is 2.52 bits per heavy atom. The third kappa shape index (κ3) is 2.98. The van der Waals surface area contributed by atoms with Crippen molar-refractivity contribution in [1.82, 2.24) is 4.98 Å². The number of carbonyl (C=O) groups is 1. The number of carboxylic acid groups (broad SMARTS) is 1. The number of hydrogen-bond donors (Lipinski definition) is 1. The summed E-state index contributed by atoms with van der Waals surface area (Å²) in [5.41, 5.74) is 5.86. The smallest absolute Gasteiger partial charge is 0.335 e. The van der Waals surface area contributed by atoms with Crippen molar-refractivity contribution in [3.8, 4) is 0 Å². The van der Waals surface area contributed by atoms with Gasteiger partial charge in [-0.05, 0) is 60.4 Å². The predicted octanol–water partition coefficient (Wildman–Crippen LogP) is 4.22. The number of para-hydroxylation sites is 1. The van der Waals surface area contributed by atoms with E-state index in [-0.39, 0.29) is 0 Å². The largest absolute Gasteiger partial charge is 0.478 e. The van der Waals surface area contributed by atoms with Crippen LogP contribution < -0.4 is 4.90 Å². The topological polar surface area (TPSA) is 53.4 Å². The molecule has 0 saturated carbocycles. The van der Waals surface area contributed by atoms with Crippen molar-refractivity contribution in [2.75, 3.05) is 4.90 Å². The summed E-state index contributed by atoms with van der Waals surface area (Å²) < 4.78 is 0. The molecule has 0 spiro atoms. The van der Waals surface area contributed by atoms with Crippen LogP contribution in [0.1, 0.15) is 27.2 Å². The first-order chi connectivity index (χ1) is 12.2. The highest BCUT2D eigenvalue weighted by Crippen LogP contribution is 2.37. The van der Waals surface area contributed by atoms with Gasteiger partial charge in [0.1, 0.15) is 0 Å². The number of carboxylic acids is 1. The predicted molar refractivity (Wildman–Crippen MR) is 97.3 cm³/mol. The molecule has 1 aliphatic rings. The van der Waals surface area contributed by atoms with E-state index in [9.17, 15) is 9.90 Å². The van der Waals surface area contributed by atoms with E-state index in [0.717, 1.165) is 35.5 Å². The lowest BCUT2D eigenvalue weighted by atomic mass is 10.0. The first-order valence-corrected chi connectivity index (χ1v) is 8.34. The summed E-state index contributed by atoms with van der Waals surface area (Å²) in [6, 6.07) is 19.7. The first-order valence-electron chi connectivity index (χ1n) is 8.34. The molecule has 0 fully saturated rings. The van der Waals surface area contributed by atoms with Crippen molar-refractivity contribution in [2.24, 2.45) is 0 Å². The highest BCUT2D eigenvalue weighted by atomic mass is 16.4. The van der Waals surface area contributed by atoms with Crippen LogP contribution in [0.15, 0.2) is 66.9 Å². The fourth-order valence-electron chi connectivity index (χ4n) is 3.39. The van der Waals surface area contributed by atoms with Crippen molar-refractivity contribution in [2.45, 2.75) is 19.4 Å². The lowest BCUT2D eigenvalue weighted by molar-refractivity contribution is 0.0697. The monoisotopic (exact) mass is 330 g/mol. The number of anilines is 2. The van der Waals surface area contributed by atoms with E-state index in [1.807, 2.05) is 30.3 Å². The average Bonchev–Trinajstić information content (AvgIpc) is 2.80. The molecule has 2 aromatic carbocycles. The molecule has 25 heavy (non-hydrogen) atoms. The van der Waals surface area contributed by atoms with Crippen LogP contribution in [0.5, 0.6) is 0 Å². The van der Waals surface area contributed by atoms with Gasteiger partial charge in [0.25, 0.3) is 0 Å². The summed E-state index contributed by atoms with van der Waals surface area (Å²) in [4.78, 5) is 18.0. The Bertz CT molecular complexity index is 922. The van der Waals surface area contributed by atoms with E-state index in [1.165, 1.54) is 5.56 Å². The van der Waals surface area contributed by atoms with Gasteiger partial charge >= 0.3 is 5.97 Å². The molecule has 0 unspecified atom stereocenters. The minimum absolute atomic E-state index is 0.336. The van der Waals surface area contributed by atoms with Crippen LogP contribution in [0.3, 0.4) is 0 Å². The van der Waals surface area contributed by atoms with Crippen LogP contribution in [0, 0.1) is 0 Å². The molecule has 1 aliphatic heterocycles. The Balaban J connectivity index is 1.84. The molecular formula is C21H18N2O2. The number of hydrogen-bond acceptors (Lipinski definition) is 3. The summed E-state index contributed by atoms with van der Waals surface area (Å²) in [5, 5.41) is 9.31. The van der Waals surface area contributed by atoms with Gasteiger partial charge < -0.3 is 10.0 Å². The van der Waals surface area contributed by atoms with Gasteiger partial charge in [-0.1, -0.05) is 24.3 Å². The number of fused-ring (bicyclic) bond motifs is 2. The molecule has 4 nitrogen and oxygen atoms in total. The van der Waals surface area contributed by atoms with Gasteiger partial charge in [-0.2, -0.15) is 0 Å². The summed E-state index contributed by atoms with van der Waals surface area (Å²) in [5.74, 6) is -0.888. The highest BCUT2D eigenvalue weighted by molar-refractivity contribution is 5.89. The molecule has 0 atom stereocenters. The van der Waals surface area contributed by atoms with Crippen LogP contribution in [0.4, 0.5) is 11.4 Å². The number of aromatic nitrogens is 1. The molecule has 0 radical (unpaired) electrons. The van der Waals surface area contributed by atoms with Crippen molar-refractivity contribution >= 4 is 17.3 Å². The zero-order valence-electron chi connectivity index (χ0n) is 13.7. The number of rotatable bonds is 3. The molecule has 0 bridgehead atoms. The molecule has 124 valence electrons. The van der Waals surface area contributed by atoms with Crippen LogP contribution in [-0.2, 0) is 19.4 Å². The normalized spacial score (nSPS) is 12.9. The molecule has 1 aromatic heterocycles. The maximum atomic E-state index is 11.3. The lowest BCUT2D eigenvalue weighted by Gasteiger charge is -2.26. The third-order valence-electron chi connectivity index (χ3n) is 4.61. The molecule has 0 amide bonds. The number of pyridine rings is 1. The van der Waals surface area contributed by atoms with E-state index >= 15 is 0 Å². The average molecular weight is 330 g/mol. The third-order valence-corrected chi connectivity index (χ3v) is 4.61. The molecule has 3 aromatic rings. The summed E-state index contributed by atoms with van der Waals surface area (Å²) in [6.07, 6.45) is 3.52. The van der Waals surface area contributed by atoms with E-state index in [1.54, 1.807) is 18.3 Å². The minimum atomic E-state index is -0.888. The SMILES string of the molecule is O=C(O)c1ccc2c(c1)CCc1ccccc1N2Cc1ccccn1. The van der Waals surface area contributed by atoms with Gasteiger partial charge in [0.2, 0.25) is 0 Å². The molecule has 4 heteroatoms. The molecular weight excluding hydrogens is 312 g/mol. The van der Waals surface area contributed by atoms with Crippen LogP contribution >= 0.6 is 0 Å². The summed E-state index contributed by atoms with van der Waals surface area (Å²) in [7, 11) is 0. The second-order valence-corrected chi connectivity index (χ2v) is 6.18. The molecule has 0 aliphatic carbocycles. The van der Waals surface area contributed by atoms with E-state index in [4.69, 9.17) is 0 Å². The lowest BCUT2D eigenvalue weighted by Crippen LogP contribution is -2.18. The van der Waals surface area contributed by atoms with Gasteiger partial charge in [-0.15, -0.1) is 0 Å². The van der Waals surface area contributed by atoms with Crippen molar-refractivity contribution in [1.29, 1.82) is 0 Å². The van der Waals surface area contributed by atoms with Gasteiger partial charge in [0.05, 0.1) is 17.8 Å². The molecule has 2 heterocycles. The van der Waals surface area contributed by atoms with Crippen molar-refractivity contribution in [3.63, 3.8) is 0 Å². The fourth-order valence-corrected chi connectivity index (χ4v) is 3.39. The maximum absolute atomic E-state index is 11.3. The molecule has 4 rings (SSSR count). The Hall–Kier alpha value is -3.14. The Morgan fingerprint density at radius 1 is 0.960 bits per heavy atom. The highest BCUT2D eigenvalue weighted by Gasteiger charge is 2.22. The second kappa shape index (κ2) is 6.40. The number of benzene rings is 2. The Kier molecular flexibility index (Phi) is 3.94. The number of nitrogens with zero attached hydrogens (tertiary/aromatic N) is 2. The van der Waals surface area contributed by atoms with E-state index in [2.05, 4.69) is 28.1 Å². The molecule has 1 N–H and O–H groups in total. The quantitative estimate of drug-likeness (QED) is 0.781. The zero-order chi connectivity index (χ0) is 17.2. The number of aryl methyl sites for hydroxylation is 2. The van der Waals surface area contributed by atoms with Crippen LogP contribution in [0.2, 0.25) is 0 Å². The standard InChI is InChI=1S/C21H18N2O2/c24-21(25)17-10-11-20-16(13-17)9-8-15-5-1-2-7-19(15)23(20)14-18-6-3-4-12-22-18/h1-7,10-13H,8-9,14H2,(H,24,25). The van der Waals surface area contributed by atoms with E-state index in [0.29, 0.717) is 12.1 Å². The van der Waals surface area contributed by atoms with Crippen molar-refractivity contribution in [3.05, 3.63) is 89.2 Å². The summed E-state index contributed by atoms with van der Waals surface area (Å²) >= 11 is 0. The van der Waals surface area contributed by atoms with Gasteiger partial charge in [-0.25, -0.2) is 4.79 Å². The van der Waals surface area contributed by atoms with Gasteiger partial charge in [-0.3, -0.25) is 4.98 Å². The van der Waals surface area contributed by atoms with Gasteiger partial charge in [0.15, 0.2) is 0 Å². The van der Waals surface area contributed by atoms with E-state index < -0.39 is 5.97 Å². The Labute approximate surface area is 146 Å². The fraction of sp³-hybridized carbons (Fsp3) is 0.143. The Morgan fingerprint density at radius 2 is 1.72 bits per heavy atom. The van der Waals surface area contributed by atoms with Crippen LogP contribution in [0.25, 0.3) is 0 Å². The zero-order valence-corrected chi connectivity index (χ0v) is 13.7. The second-order valence-electron chi connectivity index (χ2n) is 6.18.